The van der Waals surface area contributed by atoms with Crippen LogP contribution in [0, 0.1) is 5.92 Å². The number of nitrogens with one attached hydrogen (secondary N) is 1. The van der Waals surface area contributed by atoms with E-state index in [4.69, 9.17) is 0 Å². The topological polar surface area (TPSA) is 46.2 Å². The van der Waals surface area contributed by atoms with E-state index in [-0.39, 0.29) is 17.6 Å². The highest BCUT2D eigenvalue weighted by Crippen LogP contribution is 2.41. The molecule has 0 saturated heterocycles. The fourth-order valence-corrected chi connectivity index (χ4v) is 3.27. The molecule has 1 saturated carbocycles. The number of hydrogen-bond donors (Lipinski definition) is 1. The van der Waals surface area contributed by atoms with Gasteiger partial charge in [-0.15, -0.1) is 0 Å². The predicted octanol–water partition coefficient (Wildman–Crippen LogP) is 3.31. The van der Waals surface area contributed by atoms with Gasteiger partial charge in [-0.1, -0.05) is 55.5 Å². The van der Waals surface area contributed by atoms with Crippen molar-refractivity contribution in [3.05, 3.63) is 71.8 Å². The van der Waals surface area contributed by atoms with Crippen molar-refractivity contribution in [2.24, 2.45) is 5.92 Å². The van der Waals surface area contributed by atoms with Crippen LogP contribution in [-0.4, -0.2) is 11.7 Å². The minimum Gasteiger partial charge on any atom is -0.342 e. The monoisotopic (exact) mass is 293 g/mol. The van der Waals surface area contributed by atoms with Gasteiger partial charge in [-0.25, -0.2) is 0 Å². The van der Waals surface area contributed by atoms with Crippen molar-refractivity contribution in [3.63, 3.8) is 0 Å². The average molecular weight is 293 g/mol. The summed E-state index contributed by atoms with van der Waals surface area (Å²) in [5.74, 6) is -0.147. The van der Waals surface area contributed by atoms with Crippen molar-refractivity contribution in [2.45, 2.75) is 25.3 Å². The van der Waals surface area contributed by atoms with Gasteiger partial charge in [-0.2, -0.15) is 0 Å². The molecule has 2 unspecified atom stereocenters. The molecule has 22 heavy (non-hydrogen) atoms. The number of hydrogen-bond acceptors (Lipinski definition) is 2. The summed E-state index contributed by atoms with van der Waals surface area (Å²) in [5, 5.41) is 3.15. The molecule has 0 spiro atoms. The van der Waals surface area contributed by atoms with Crippen LogP contribution in [0.1, 0.15) is 35.7 Å². The molecule has 3 rings (SSSR count). The molecule has 1 N–H and O–H groups in total. The maximum atomic E-state index is 12.6. The van der Waals surface area contributed by atoms with Crippen LogP contribution in [0.5, 0.6) is 0 Å². The number of Topliss-reactive ketones (excluding diaryl/α,β-unsaturated/α-hetero) is 1. The van der Waals surface area contributed by atoms with Gasteiger partial charge in [0, 0.05) is 17.9 Å². The molecule has 0 aliphatic heterocycles. The molecule has 112 valence electrons. The summed E-state index contributed by atoms with van der Waals surface area (Å²) in [6.07, 6.45) is 1.15. The van der Waals surface area contributed by atoms with Gasteiger partial charge >= 0.3 is 0 Å². The standard InChI is InChI=1S/C19H19NO2/c1-14-17(21)12-13-19(14,16-10-6-3-7-11-16)20-18(22)15-8-4-2-5-9-15/h2-11,14H,12-13H2,1H3,(H,20,22). The number of ketones is 1. The second kappa shape index (κ2) is 5.76. The van der Waals surface area contributed by atoms with E-state index in [0.717, 1.165) is 5.56 Å². The minimum absolute atomic E-state index is 0.133. The third kappa shape index (κ3) is 2.43. The van der Waals surface area contributed by atoms with E-state index < -0.39 is 5.54 Å². The molecular weight excluding hydrogens is 274 g/mol. The van der Waals surface area contributed by atoms with Crippen LogP contribution in [0.25, 0.3) is 0 Å². The third-order valence-electron chi connectivity index (χ3n) is 4.65. The van der Waals surface area contributed by atoms with E-state index in [1.807, 2.05) is 55.5 Å². The first-order valence-electron chi connectivity index (χ1n) is 7.59. The fourth-order valence-electron chi connectivity index (χ4n) is 3.27. The maximum Gasteiger partial charge on any atom is 0.251 e. The highest BCUT2D eigenvalue weighted by atomic mass is 16.2. The summed E-state index contributed by atoms with van der Waals surface area (Å²) < 4.78 is 0. The van der Waals surface area contributed by atoms with Gasteiger partial charge in [0.2, 0.25) is 0 Å². The number of carbonyl (C=O) groups is 2. The molecule has 0 aromatic heterocycles. The molecule has 0 bridgehead atoms. The lowest BCUT2D eigenvalue weighted by Crippen LogP contribution is -2.48. The molecule has 2 aromatic rings. The highest BCUT2D eigenvalue weighted by molar-refractivity contribution is 5.96. The van der Waals surface area contributed by atoms with Crippen molar-refractivity contribution >= 4 is 11.7 Å². The first-order valence-corrected chi connectivity index (χ1v) is 7.59. The van der Waals surface area contributed by atoms with Gasteiger partial charge in [0.25, 0.3) is 5.91 Å². The van der Waals surface area contributed by atoms with Crippen LogP contribution in [0.15, 0.2) is 60.7 Å². The zero-order valence-corrected chi connectivity index (χ0v) is 12.6. The highest BCUT2D eigenvalue weighted by Gasteiger charge is 2.47. The van der Waals surface area contributed by atoms with Gasteiger partial charge < -0.3 is 5.32 Å². The van der Waals surface area contributed by atoms with Gasteiger partial charge in [0.05, 0.1) is 5.54 Å². The predicted molar refractivity (Wildman–Crippen MR) is 85.4 cm³/mol. The Hall–Kier alpha value is -2.42. The zero-order valence-electron chi connectivity index (χ0n) is 12.6. The molecular formula is C19H19NO2. The summed E-state index contributed by atoms with van der Waals surface area (Å²) >= 11 is 0. The smallest absolute Gasteiger partial charge is 0.251 e. The normalized spacial score (nSPS) is 24.2. The average Bonchev–Trinajstić information content (AvgIpc) is 2.86. The van der Waals surface area contributed by atoms with Crippen LogP contribution in [0.4, 0.5) is 0 Å². The van der Waals surface area contributed by atoms with Crippen molar-refractivity contribution in [3.8, 4) is 0 Å². The van der Waals surface area contributed by atoms with Gasteiger partial charge in [-0.05, 0) is 24.1 Å². The Morgan fingerprint density at radius 1 is 1.05 bits per heavy atom. The molecule has 2 aromatic carbocycles. The molecule has 1 aliphatic rings. The SMILES string of the molecule is CC1C(=O)CCC1(NC(=O)c1ccccc1)c1ccccc1. The summed E-state index contributed by atoms with van der Waals surface area (Å²) in [5.41, 5.74) is 1.01. The Morgan fingerprint density at radius 3 is 2.18 bits per heavy atom. The third-order valence-corrected chi connectivity index (χ3v) is 4.65. The van der Waals surface area contributed by atoms with E-state index in [0.29, 0.717) is 18.4 Å². The van der Waals surface area contributed by atoms with E-state index in [2.05, 4.69) is 5.32 Å². The lowest BCUT2D eigenvalue weighted by Gasteiger charge is -2.34. The van der Waals surface area contributed by atoms with E-state index in [9.17, 15) is 9.59 Å². The second-order valence-electron chi connectivity index (χ2n) is 5.85. The Bertz CT molecular complexity index is 681. The van der Waals surface area contributed by atoms with Crippen molar-refractivity contribution in [1.82, 2.24) is 5.32 Å². The summed E-state index contributed by atoms with van der Waals surface area (Å²) in [6, 6.07) is 18.9. The lowest BCUT2D eigenvalue weighted by atomic mass is 9.81. The van der Waals surface area contributed by atoms with Crippen LogP contribution in [0.2, 0.25) is 0 Å². The largest absolute Gasteiger partial charge is 0.342 e. The zero-order chi connectivity index (χ0) is 15.6. The molecule has 1 fully saturated rings. The maximum absolute atomic E-state index is 12.6. The van der Waals surface area contributed by atoms with Crippen molar-refractivity contribution in [2.75, 3.05) is 0 Å². The lowest BCUT2D eigenvalue weighted by molar-refractivity contribution is -0.121. The Morgan fingerprint density at radius 2 is 1.64 bits per heavy atom. The molecule has 0 radical (unpaired) electrons. The Balaban J connectivity index is 1.97. The van der Waals surface area contributed by atoms with Gasteiger partial charge in [-0.3, -0.25) is 9.59 Å². The first-order chi connectivity index (χ1) is 10.6. The van der Waals surface area contributed by atoms with Crippen LogP contribution >= 0.6 is 0 Å². The summed E-state index contributed by atoms with van der Waals surface area (Å²) in [7, 11) is 0. The van der Waals surface area contributed by atoms with E-state index >= 15 is 0 Å². The number of rotatable bonds is 3. The molecule has 1 amide bonds. The quantitative estimate of drug-likeness (QED) is 0.943. The minimum atomic E-state index is -0.606. The van der Waals surface area contributed by atoms with Crippen molar-refractivity contribution < 1.29 is 9.59 Å². The summed E-state index contributed by atoms with van der Waals surface area (Å²) in [6.45, 7) is 1.91. The van der Waals surface area contributed by atoms with E-state index in [1.165, 1.54) is 0 Å². The Labute approximate surface area is 130 Å². The number of amides is 1. The second-order valence-corrected chi connectivity index (χ2v) is 5.85. The van der Waals surface area contributed by atoms with Crippen LogP contribution < -0.4 is 5.32 Å². The van der Waals surface area contributed by atoms with Gasteiger partial charge in [0.15, 0.2) is 0 Å². The molecule has 0 heterocycles. The van der Waals surface area contributed by atoms with Crippen LogP contribution in [-0.2, 0) is 10.3 Å². The number of benzene rings is 2. The van der Waals surface area contributed by atoms with E-state index in [1.54, 1.807) is 12.1 Å². The van der Waals surface area contributed by atoms with Gasteiger partial charge in [0.1, 0.15) is 5.78 Å². The number of carbonyl (C=O) groups excluding carboxylic acids is 2. The van der Waals surface area contributed by atoms with Crippen molar-refractivity contribution in [1.29, 1.82) is 0 Å². The Kier molecular flexibility index (Phi) is 3.80. The molecule has 1 aliphatic carbocycles. The summed E-state index contributed by atoms with van der Waals surface area (Å²) in [4.78, 5) is 24.7. The molecule has 3 heteroatoms. The fraction of sp³-hybridized carbons (Fsp3) is 0.263. The molecule has 2 atom stereocenters. The first kappa shape index (κ1) is 14.5. The van der Waals surface area contributed by atoms with Crippen LogP contribution in [0.3, 0.4) is 0 Å². The molecule has 3 nitrogen and oxygen atoms in total.